The van der Waals surface area contributed by atoms with Gasteiger partial charge in [-0.25, -0.2) is 13.1 Å². The van der Waals surface area contributed by atoms with E-state index >= 15 is 0 Å². The molecule has 0 unspecified atom stereocenters. The second-order valence-electron chi connectivity index (χ2n) is 7.52. The average molecular weight is 427 g/mol. The van der Waals surface area contributed by atoms with Gasteiger partial charge in [-0.15, -0.1) is 10.2 Å². The fraction of sp³-hybridized carbons (Fsp3) is 0.381. The van der Waals surface area contributed by atoms with Gasteiger partial charge in [-0.2, -0.15) is 4.80 Å². The standard InChI is InChI=1S/C21H26N6O2S/c1-22-30(28,29)18-12-13-20(23-17-10-6-3-7-11-17)19(14-18)21-24-26-27(25-21)15-16-8-4-2-5-9-16/h2,4-5,8-9,12-14,17,22-23H,3,6-7,10-11,15H2,1H3. The third-order valence-corrected chi connectivity index (χ3v) is 6.81. The molecule has 1 heterocycles. The van der Waals surface area contributed by atoms with Crippen LogP contribution in [0.1, 0.15) is 37.7 Å². The van der Waals surface area contributed by atoms with Gasteiger partial charge in [0.1, 0.15) is 0 Å². The van der Waals surface area contributed by atoms with Crippen LogP contribution in [-0.2, 0) is 16.6 Å². The maximum absolute atomic E-state index is 12.3. The number of rotatable bonds is 7. The minimum Gasteiger partial charge on any atom is -0.382 e. The molecule has 1 aromatic heterocycles. The van der Waals surface area contributed by atoms with E-state index in [1.54, 1.807) is 18.2 Å². The summed E-state index contributed by atoms with van der Waals surface area (Å²) in [5, 5.41) is 16.5. The van der Waals surface area contributed by atoms with Crippen molar-refractivity contribution in [1.29, 1.82) is 0 Å². The van der Waals surface area contributed by atoms with Crippen LogP contribution in [0.25, 0.3) is 11.4 Å². The Morgan fingerprint density at radius 1 is 1.07 bits per heavy atom. The molecule has 1 aliphatic rings. The quantitative estimate of drug-likeness (QED) is 0.602. The molecule has 1 fully saturated rings. The van der Waals surface area contributed by atoms with E-state index in [2.05, 4.69) is 25.4 Å². The van der Waals surface area contributed by atoms with Gasteiger partial charge in [0, 0.05) is 17.3 Å². The summed E-state index contributed by atoms with van der Waals surface area (Å²) in [4.78, 5) is 1.70. The summed E-state index contributed by atoms with van der Waals surface area (Å²) in [6.45, 7) is 0.494. The van der Waals surface area contributed by atoms with Crippen molar-refractivity contribution in [3.05, 3.63) is 54.1 Å². The van der Waals surface area contributed by atoms with Crippen molar-refractivity contribution in [3.63, 3.8) is 0 Å². The number of hydrogen-bond donors (Lipinski definition) is 2. The van der Waals surface area contributed by atoms with E-state index in [1.807, 2.05) is 30.3 Å². The summed E-state index contributed by atoms with van der Waals surface area (Å²) < 4.78 is 27.0. The number of anilines is 1. The lowest BCUT2D eigenvalue weighted by Crippen LogP contribution is -2.23. The van der Waals surface area contributed by atoms with Crippen LogP contribution in [0.2, 0.25) is 0 Å². The van der Waals surface area contributed by atoms with Crippen molar-refractivity contribution in [3.8, 4) is 11.4 Å². The van der Waals surface area contributed by atoms with Gasteiger partial charge in [-0.1, -0.05) is 49.6 Å². The highest BCUT2D eigenvalue weighted by Crippen LogP contribution is 2.31. The number of aromatic nitrogens is 4. The van der Waals surface area contributed by atoms with Gasteiger partial charge in [0.05, 0.1) is 11.4 Å². The van der Waals surface area contributed by atoms with Gasteiger partial charge in [0.25, 0.3) is 0 Å². The van der Waals surface area contributed by atoms with Crippen LogP contribution in [0.3, 0.4) is 0 Å². The highest BCUT2D eigenvalue weighted by atomic mass is 32.2. The lowest BCUT2D eigenvalue weighted by Gasteiger charge is -2.25. The van der Waals surface area contributed by atoms with Gasteiger partial charge in [0.15, 0.2) is 0 Å². The SMILES string of the molecule is CNS(=O)(=O)c1ccc(NC2CCCCC2)c(-c2nnn(Cc3ccccc3)n2)c1. The molecule has 9 heteroatoms. The zero-order chi connectivity index (χ0) is 21.0. The van der Waals surface area contributed by atoms with Crippen molar-refractivity contribution in [1.82, 2.24) is 24.9 Å². The molecule has 0 aliphatic heterocycles. The average Bonchev–Trinajstić information content (AvgIpc) is 3.23. The van der Waals surface area contributed by atoms with Crippen LogP contribution in [0.4, 0.5) is 5.69 Å². The summed E-state index contributed by atoms with van der Waals surface area (Å²) in [6.07, 6.45) is 5.86. The smallest absolute Gasteiger partial charge is 0.240 e. The van der Waals surface area contributed by atoms with E-state index in [9.17, 15) is 8.42 Å². The second-order valence-corrected chi connectivity index (χ2v) is 9.41. The minimum absolute atomic E-state index is 0.175. The maximum atomic E-state index is 12.3. The molecule has 4 rings (SSSR count). The molecule has 3 aromatic rings. The molecule has 8 nitrogen and oxygen atoms in total. The number of nitrogens with one attached hydrogen (secondary N) is 2. The van der Waals surface area contributed by atoms with Crippen LogP contribution in [0.15, 0.2) is 53.4 Å². The number of nitrogens with zero attached hydrogens (tertiary/aromatic N) is 4. The molecule has 158 valence electrons. The van der Waals surface area contributed by atoms with Crippen LogP contribution in [0, 0.1) is 0 Å². The van der Waals surface area contributed by atoms with E-state index in [-0.39, 0.29) is 4.90 Å². The number of tetrazole rings is 1. The molecule has 2 aromatic carbocycles. The predicted octanol–water partition coefficient (Wildman–Crippen LogP) is 3.04. The molecule has 2 N–H and O–H groups in total. The summed E-state index contributed by atoms with van der Waals surface area (Å²) in [6, 6.07) is 15.3. The van der Waals surface area contributed by atoms with Crippen molar-refractivity contribution < 1.29 is 8.42 Å². The number of sulfonamides is 1. The molecule has 30 heavy (non-hydrogen) atoms. The fourth-order valence-corrected chi connectivity index (χ4v) is 4.51. The monoisotopic (exact) mass is 426 g/mol. The lowest BCUT2D eigenvalue weighted by molar-refractivity contribution is 0.463. The largest absolute Gasteiger partial charge is 0.382 e. The number of benzene rings is 2. The van der Waals surface area contributed by atoms with Crippen LogP contribution in [0.5, 0.6) is 0 Å². The summed E-state index contributed by atoms with van der Waals surface area (Å²) in [5.74, 6) is 0.400. The van der Waals surface area contributed by atoms with Crippen molar-refractivity contribution >= 4 is 15.7 Å². The van der Waals surface area contributed by atoms with Crippen LogP contribution in [-0.4, -0.2) is 41.7 Å². The Balaban J connectivity index is 1.67. The molecule has 0 saturated heterocycles. The molecule has 0 atom stereocenters. The molecular formula is C21H26N6O2S. The Morgan fingerprint density at radius 3 is 2.57 bits per heavy atom. The normalized spacial score (nSPS) is 15.2. The van der Waals surface area contributed by atoms with Gasteiger partial charge in [-0.05, 0) is 48.9 Å². The van der Waals surface area contributed by atoms with Crippen molar-refractivity contribution in [2.45, 2.75) is 49.6 Å². The first-order valence-corrected chi connectivity index (χ1v) is 11.7. The maximum Gasteiger partial charge on any atom is 0.240 e. The molecule has 1 saturated carbocycles. The molecular weight excluding hydrogens is 400 g/mol. The molecule has 0 spiro atoms. The zero-order valence-corrected chi connectivity index (χ0v) is 17.8. The highest BCUT2D eigenvalue weighted by Gasteiger charge is 2.20. The lowest BCUT2D eigenvalue weighted by atomic mass is 9.95. The fourth-order valence-electron chi connectivity index (χ4n) is 3.75. The van der Waals surface area contributed by atoms with E-state index in [4.69, 9.17) is 0 Å². The Morgan fingerprint density at radius 2 is 1.83 bits per heavy atom. The number of hydrogen-bond acceptors (Lipinski definition) is 6. The molecule has 0 radical (unpaired) electrons. The van der Waals surface area contributed by atoms with Crippen LogP contribution >= 0.6 is 0 Å². The molecule has 0 amide bonds. The first-order chi connectivity index (χ1) is 14.5. The predicted molar refractivity (Wildman–Crippen MR) is 116 cm³/mol. The summed E-state index contributed by atoms with van der Waals surface area (Å²) in [5.41, 5.74) is 2.53. The van der Waals surface area contributed by atoms with Gasteiger partial charge in [0.2, 0.25) is 15.8 Å². The first kappa shape index (κ1) is 20.5. The van der Waals surface area contributed by atoms with Gasteiger partial charge < -0.3 is 5.32 Å². The Kier molecular flexibility index (Phi) is 6.10. The second kappa shape index (κ2) is 8.93. The van der Waals surface area contributed by atoms with Gasteiger partial charge in [-0.3, -0.25) is 0 Å². The van der Waals surface area contributed by atoms with E-state index < -0.39 is 10.0 Å². The van der Waals surface area contributed by atoms with Crippen LogP contribution < -0.4 is 10.0 Å². The third kappa shape index (κ3) is 4.68. The highest BCUT2D eigenvalue weighted by molar-refractivity contribution is 7.89. The Bertz CT molecular complexity index is 1090. The van der Waals surface area contributed by atoms with Crippen molar-refractivity contribution in [2.75, 3.05) is 12.4 Å². The summed E-state index contributed by atoms with van der Waals surface area (Å²) in [7, 11) is -2.18. The minimum atomic E-state index is -3.58. The third-order valence-electron chi connectivity index (χ3n) is 5.40. The first-order valence-electron chi connectivity index (χ1n) is 10.2. The molecule has 1 aliphatic carbocycles. The molecule has 0 bridgehead atoms. The zero-order valence-electron chi connectivity index (χ0n) is 17.0. The Labute approximate surface area is 176 Å². The van der Waals surface area contributed by atoms with E-state index in [0.717, 1.165) is 24.1 Å². The van der Waals surface area contributed by atoms with E-state index in [1.165, 1.54) is 31.1 Å². The van der Waals surface area contributed by atoms with E-state index in [0.29, 0.717) is 24.0 Å². The Hall–Kier alpha value is -2.78. The topological polar surface area (TPSA) is 102 Å². The summed E-state index contributed by atoms with van der Waals surface area (Å²) >= 11 is 0. The van der Waals surface area contributed by atoms with Gasteiger partial charge >= 0.3 is 0 Å². The van der Waals surface area contributed by atoms with Crippen molar-refractivity contribution in [2.24, 2.45) is 0 Å².